The lowest BCUT2D eigenvalue weighted by Gasteiger charge is -2.34. The Balaban J connectivity index is 1.34. The second-order valence-corrected chi connectivity index (χ2v) is 8.79. The number of nitrogens with zero attached hydrogens (tertiary/aromatic N) is 2. The molecule has 30 heavy (non-hydrogen) atoms. The quantitative estimate of drug-likeness (QED) is 0.657. The van der Waals surface area contributed by atoms with Gasteiger partial charge in [0.1, 0.15) is 6.04 Å². The van der Waals surface area contributed by atoms with Crippen LogP contribution in [0.1, 0.15) is 17.0 Å². The summed E-state index contributed by atoms with van der Waals surface area (Å²) in [6.07, 6.45) is 0. The molecule has 2 saturated heterocycles. The van der Waals surface area contributed by atoms with E-state index in [2.05, 4.69) is 57.3 Å². The fourth-order valence-corrected chi connectivity index (χ4v) is 4.57. The molecule has 0 aliphatic carbocycles. The van der Waals surface area contributed by atoms with Crippen LogP contribution in [0.5, 0.6) is 0 Å². The van der Waals surface area contributed by atoms with Gasteiger partial charge in [-0.2, -0.15) is 0 Å². The number of carbonyl (C=O) groups excluding carboxylic acids is 1. The number of anilines is 1. The summed E-state index contributed by atoms with van der Waals surface area (Å²) in [5.74, 6) is -0.117. The van der Waals surface area contributed by atoms with Crippen molar-refractivity contribution in [1.82, 2.24) is 21.1 Å². The first-order valence-electron chi connectivity index (χ1n) is 10.2. The summed E-state index contributed by atoms with van der Waals surface area (Å²) in [5, 5.41) is 4.21. The van der Waals surface area contributed by atoms with Gasteiger partial charge in [-0.05, 0) is 42.4 Å². The molecule has 1 amide bonds. The molecule has 3 N–H and O–H groups in total. The van der Waals surface area contributed by atoms with E-state index >= 15 is 0 Å². The number of benzene rings is 2. The van der Waals surface area contributed by atoms with Crippen molar-refractivity contribution in [3.8, 4) is 0 Å². The lowest BCUT2D eigenvalue weighted by atomic mass is 9.92. The second kappa shape index (κ2) is 9.54. The van der Waals surface area contributed by atoms with Crippen molar-refractivity contribution >= 4 is 34.8 Å². The first-order valence-corrected chi connectivity index (χ1v) is 11.0. The highest BCUT2D eigenvalue weighted by molar-refractivity contribution is 6.35. The number of rotatable bonds is 5. The number of nitrogens with one attached hydrogen (secondary N) is 3. The van der Waals surface area contributed by atoms with Crippen LogP contribution >= 0.6 is 23.2 Å². The third kappa shape index (κ3) is 4.90. The van der Waals surface area contributed by atoms with Crippen LogP contribution in [-0.2, 0) is 11.3 Å². The van der Waals surface area contributed by atoms with Crippen LogP contribution in [-0.4, -0.2) is 56.6 Å². The molecular weight excluding hydrogens is 421 g/mol. The van der Waals surface area contributed by atoms with Gasteiger partial charge in [0.25, 0.3) is 0 Å². The Bertz CT molecular complexity index is 884. The number of likely N-dealkylation sites (N-methyl/N-ethyl adjacent to an activating group) is 1. The SMILES string of the molecule is CN1CCN(c2ccc(CNC(=O)C3NNCC3c3ccc(Cl)cc3Cl)cc2)CC1. The van der Waals surface area contributed by atoms with Crippen molar-refractivity contribution in [3.63, 3.8) is 0 Å². The summed E-state index contributed by atoms with van der Waals surface area (Å²) in [6.45, 7) is 5.36. The van der Waals surface area contributed by atoms with E-state index < -0.39 is 6.04 Å². The number of hydrazine groups is 1. The fraction of sp³-hybridized carbons (Fsp3) is 0.409. The van der Waals surface area contributed by atoms with Crippen LogP contribution in [0.2, 0.25) is 10.0 Å². The highest BCUT2D eigenvalue weighted by Crippen LogP contribution is 2.31. The van der Waals surface area contributed by atoms with Crippen molar-refractivity contribution in [2.24, 2.45) is 0 Å². The zero-order valence-corrected chi connectivity index (χ0v) is 18.5. The fourth-order valence-electron chi connectivity index (χ4n) is 4.03. The molecule has 2 aliphatic heterocycles. The molecule has 6 nitrogen and oxygen atoms in total. The molecule has 0 radical (unpaired) electrons. The van der Waals surface area contributed by atoms with Gasteiger partial charge in [-0.25, -0.2) is 5.43 Å². The predicted octanol–water partition coefficient (Wildman–Crippen LogP) is 2.62. The number of hydrogen-bond acceptors (Lipinski definition) is 5. The Morgan fingerprint density at radius 3 is 2.53 bits per heavy atom. The van der Waals surface area contributed by atoms with E-state index in [4.69, 9.17) is 23.2 Å². The van der Waals surface area contributed by atoms with E-state index in [-0.39, 0.29) is 11.8 Å². The molecule has 8 heteroatoms. The lowest BCUT2D eigenvalue weighted by Crippen LogP contribution is -2.45. The summed E-state index contributed by atoms with van der Waals surface area (Å²) >= 11 is 12.4. The Morgan fingerprint density at radius 2 is 1.83 bits per heavy atom. The molecule has 2 aromatic rings. The largest absolute Gasteiger partial charge is 0.369 e. The van der Waals surface area contributed by atoms with Crippen molar-refractivity contribution in [1.29, 1.82) is 0 Å². The molecule has 2 aromatic carbocycles. The van der Waals surface area contributed by atoms with Crippen LogP contribution in [0.4, 0.5) is 5.69 Å². The topological polar surface area (TPSA) is 59.6 Å². The molecular formula is C22H27Cl2N5O. The molecule has 2 unspecified atom stereocenters. The smallest absolute Gasteiger partial charge is 0.239 e. The Kier molecular flexibility index (Phi) is 6.80. The van der Waals surface area contributed by atoms with Gasteiger partial charge >= 0.3 is 0 Å². The zero-order chi connectivity index (χ0) is 21.1. The minimum Gasteiger partial charge on any atom is -0.369 e. The monoisotopic (exact) mass is 447 g/mol. The van der Waals surface area contributed by atoms with Crippen molar-refractivity contribution in [2.45, 2.75) is 18.5 Å². The van der Waals surface area contributed by atoms with E-state index in [1.54, 1.807) is 12.1 Å². The number of piperazine rings is 1. The Morgan fingerprint density at radius 1 is 1.10 bits per heavy atom. The second-order valence-electron chi connectivity index (χ2n) is 7.95. The van der Waals surface area contributed by atoms with Crippen LogP contribution in [0.3, 0.4) is 0 Å². The number of carbonyl (C=O) groups is 1. The molecule has 2 heterocycles. The Labute approximate surface area is 187 Å². The van der Waals surface area contributed by atoms with Crippen molar-refractivity contribution in [3.05, 3.63) is 63.6 Å². The Hall–Kier alpha value is -1.83. The van der Waals surface area contributed by atoms with Gasteiger partial charge in [-0.3, -0.25) is 10.2 Å². The molecule has 4 rings (SSSR count). The maximum absolute atomic E-state index is 12.8. The maximum Gasteiger partial charge on any atom is 0.239 e. The third-order valence-corrected chi connectivity index (χ3v) is 6.46. The van der Waals surface area contributed by atoms with Gasteiger partial charge < -0.3 is 15.1 Å². The van der Waals surface area contributed by atoms with E-state index in [0.29, 0.717) is 23.1 Å². The summed E-state index contributed by atoms with van der Waals surface area (Å²) in [6, 6.07) is 13.5. The first kappa shape index (κ1) is 21.4. The van der Waals surface area contributed by atoms with Crippen molar-refractivity contribution in [2.75, 3.05) is 44.7 Å². The van der Waals surface area contributed by atoms with Gasteiger partial charge in [0.05, 0.1) is 0 Å². The average Bonchev–Trinajstić information content (AvgIpc) is 3.23. The summed E-state index contributed by atoms with van der Waals surface area (Å²) in [7, 11) is 2.16. The molecule has 2 aliphatic rings. The predicted molar refractivity (Wildman–Crippen MR) is 122 cm³/mol. The van der Waals surface area contributed by atoms with Gasteiger partial charge in [0, 0.05) is 60.9 Å². The summed E-state index contributed by atoms with van der Waals surface area (Å²) in [5.41, 5.74) is 9.37. The van der Waals surface area contributed by atoms with Crippen LogP contribution in [0, 0.1) is 0 Å². The lowest BCUT2D eigenvalue weighted by molar-refractivity contribution is -0.123. The zero-order valence-electron chi connectivity index (χ0n) is 17.0. The molecule has 0 aromatic heterocycles. The summed E-state index contributed by atoms with van der Waals surface area (Å²) in [4.78, 5) is 17.6. The van der Waals surface area contributed by atoms with Crippen LogP contribution in [0.25, 0.3) is 0 Å². The number of amides is 1. The van der Waals surface area contributed by atoms with E-state index in [1.807, 2.05) is 6.07 Å². The summed E-state index contributed by atoms with van der Waals surface area (Å²) < 4.78 is 0. The van der Waals surface area contributed by atoms with E-state index in [9.17, 15) is 4.79 Å². The normalized spacial score (nSPS) is 22.3. The minimum atomic E-state index is -0.395. The van der Waals surface area contributed by atoms with Gasteiger partial charge in [-0.15, -0.1) is 0 Å². The van der Waals surface area contributed by atoms with Crippen molar-refractivity contribution < 1.29 is 4.79 Å². The number of halogens is 2. The third-order valence-electron chi connectivity index (χ3n) is 5.90. The number of hydrogen-bond donors (Lipinski definition) is 3. The van der Waals surface area contributed by atoms with Crippen LogP contribution in [0.15, 0.2) is 42.5 Å². The van der Waals surface area contributed by atoms with Gasteiger partial charge in [0.15, 0.2) is 0 Å². The standard InChI is InChI=1S/C22H27Cl2N5O/c1-28-8-10-29(11-9-28)17-5-2-15(3-6-17)13-25-22(30)21-19(14-26-27-21)18-7-4-16(23)12-20(18)24/h2-7,12,19,21,26-27H,8-11,13-14H2,1H3,(H,25,30). The van der Waals surface area contributed by atoms with Crippen LogP contribution < -0.4 is 21.1 Å². The molecule has 2 atom stereocenters. The van der Waals surface area contributed by atoms with Gasteiger partial charge in [0.2, 0.25) is 5.91 Å². The molecule has 2 fully saturated rings. The molecule has 0 bridgehead atoms. The molecule has 160 valence electrons. The minimum absolute atomic E-state index is 0.0563. The molecule has 0 spiro atoms. The first-order chi connectivity index (χ1) is 14.5. The van der Waals surface area contributed by atoms with E-state index in [1.165, 1.54) is 5.69 Å². The highest BCUT2D eigenvalue weighted by atomic mass is 35.5. The highest BCUT2D eigenvalue weighted by Gasteiger charge is 2.34. The van der Waals surface area contributed by atoms with Gasteiger partial charge in [-0.1, -0.05) is 41.4 Å². The molecule has 0 saturated carbocycles. The van der Waals surface area contributed by atoms with E-state index in [0.717, 1.165) is 37.3 Å². The maximum atomic E-state index is 12.8. The average molecular weight is 448 g/mol.